The fraction of sp³-hybridized carbons (Fsp3) is 0.0909. The fourth-order valence-electron chi connectivity index (χ4n) is 1.56. The Morgan fingerprint density at radius 2 is 2.19 bits per heavy atom. The highest BCUT2D eigenvalue weighted by Crippen LogP contribution is 2.34. The number of nitro groups is 1. The van der Waals surface area contributed by atoms with Gasteiger partial charge >= 0.3 is 0 Å². The molecule has 0 atom stereocenters. The fourth-order valence-corrected chi connectivity index (χ4v) is 2.31. The molecule has 0 saturated heterocycles. The minimum Gasteiger partial charge on any atom is -0.464 e. The van der Waals surface area contributed by atoms with E-state index in [0.29, 0.717) is 10.2 Å². The molecule has 0 amide bonds. The lowest BCUT2D eigenvalue weighted by atomic mass is 10.1. The molecule has 2 aromatic rings. The maximum atomic E-state index is 10.7. The number of nitro benzene ring substituents is 1. The number of nitrogens with zero attached hydrogens (tertiary/aromatic N) is 1. The van der Waals surface area contributed by atoms with Crippen LogP contribution in [0.5, 0.6) is 0 Å². The summed E-state index contributed by atoms with van der Waals surface area (Å²) in [6, 6.07) is 6.61. The maximum absolute atomic E-state index is 10.7. The van der Waals surface area contributed by atoms with E-state index in [1.807, 2.05) is 13.0 Å². The van der Waals surface area contributed by atoms with Crippen molar-refractivity contribution in [3.8, 4) is 11.3 Å². The summed E-state index contributed by atoms with van der Waals surface area (Å²) in [4.78, 5) is 10.3. The summed E-state index contributed by atoms with van der Waals surface area (Å²) in [7, 11) is 0. The van der Waals surface area contributed by atoms with Crippen LogP contribution in [-0.4, -0.2) is 4.92 Å². The molecule has 1 aromatic carbocycles. The van der Waals surface area contributed by atoms with Crippen molar-refractivity contribution in [2.45, 2.75) is 6.92 Å². The summed E-state index contributed by atoms with van der Waals surface area (Å²) in [6.45, 7) is 1.82. The van der Waals surface area contributed by atoms with Crippen LogP contribution in [0.1, 0.15) is 5.56 Å². The van der Waals surface area contributed by atoms with Gasteiger partial charge in [0.05, 0.1) is 11.2 Å². The predicted octanol–water partition coefficient (Wildman–Crippen LogP) is 3.93. The number of aryl methyl sites for hydroxylation is 1. The van der Waals surface area contributed by atoms with Gasteiger partial charge in [0.1, 0.15) is 5.76 Å². The van der Waals surface area contributed by atoms with E-state index >= 15 is 0 Å². The Balaban J connectivity index is 2.61. The molecular formula is C11H8BrNO3. The topological polar surface area (TPSA) is 56.3 Å². The smallest absolute Gasteiger partial charge is 0.270 e. The van der Waals surface area contributed by atoms with Gasteiger partial charge in [-0.1, -0.05) is 0 Å². The van der Waals surface area contributed by atoms with Crippen LogP contribution in [0.4, 0.5) is 5.69 Å². The number of furan rings is 1. The first kappa shape index (κ1) is 10.9. The second-order valence-corrected chi connectivity index (χ2v) is 4.21. The zero-order valence-electron chi connectivity index (χ0n) is 8.44. The van der Waals surface area contributed by atoms with E-state index in [2.05, 4.69) is 15.9 Å². The van der Waals surface area contributed by atoms with E-state index in [-0.39, 0.29) is 5.69 Å². The molecule has 0 bridgehead atoms. The van der Waals surface area contributed by atoms with Crippen LogP contribution in [0.3, 0.4) is 0 Å². The zero-order valence-corrected chi connectivity index (χ0v) is 10.0. The summed E-state index contributed by atoms with van der Waals surface area (Å²) in [5.74, 6) is 0.694. The number of rotatable bonds is 2. The largest absolute Gasteiger partial charge is 0.464 e. The van der Waals surface area contributed by atoms with Crippen LogP contribution in [0.25, 0.3) is 11.3 Å². The Bertz CT molecular complexity index is 511. The molecule has 16 heavy (non-hydrogen) atoms. The standard InChI is InChI=1S/C11H8BrNO3/c1-7-5-8(13(14)15)6-9(12)11(7)10-3-2-4-16-10/h2-6H,1H3. The van der Waals surface area contributed by atoms with Gasteiger partial charge in [-0.15, -0.1) is 0 Å². The molecule has 5 heteroatoms. The summed E-state index contributed by atoms with van der Waals surface area (Å²) in [6.07, 6.45) is 1.57. The number of benzene rings is 1. The van der Waals surface area contributed by atoms with E-state index in [1.165, 1.54) is 12.1 Å². The molecule has 2 rings (SSSR count). The summed E-state index contributed by atoms with van der Waals surface area (Å²) < 4.78 is 5.94. The van der Waals surface area contributed by atoms with Gasteiger partial charge in [-0.25, -0.2) is 0 Å². The quantitative estimate of drug-likeness (QED) is 0.619. The number of hydrogen-bond acceptors (Lipinski definition) is 3. The van der Waals surface area contributed by atoms with Gasteiger partial charge in [0.15, 0.2) is 0 Å². The molecule has 0 saturated carbocycles. The van der Waals surface area contributed by atoms with Crippen molar-refractivity contribution in [3.63, 3.8) is 0 Å². The van der Waals surface area contributed by atoms with Gasteiger partial charge in [-0.2, -0.15) is 0 Å². The van der Waals surface area contributed by atoms with Crippen molar-refractivity contribution in [2.24, 2.45) is 0 Å². The molecule has 1 heterocycles. The minimum atomic E-state index is -0.413. The van der Waals surface area contributed by atoms with Gasteiger partial charge in [0, 0.05) is 22.2 Å². The molecule has 0 aliphatic carbocycles. The monoisotopic (exact) mass is 281 g/mol. The average molecular weight is 282 g/mol. The lowest BCUT2D eigenvalue weighted by Gasteiger charge is -2.05. The SMILES string of the molecule is Cc1cc([N+](=O)[O-])cc(Br)c1-c1ccco1. The lowest BCUT2D eigenvalue weighted by Crippen LogP contribution is -1.91. The summed E-state index contributed by atoms with van der Waals surface area (Å²) in [5.41, 5.74) is 1.71. The van der Waals surface area contributed by atoms with E-state index in [4.69, 9.17) is 4.42 Å². The summed E-state index contributed by atoms with van der Waals surface area (Å²) in [5, 5.41) is 10.7. The molecule has 1 aromatic heterocycles. The first-order chi connectivity index (χ1) is 7.59. The van der Waals surface area contributed by atoms with Crippen LogP contribution >= 0.6 is 15.9 Å². The molecule has 0 N–H and O–H groups in total. The van der Waals surface area contributed by atoms with Crippen LogP contribution in [0.2, 0.25) is 0 Å². The summed E-state index contributed by atoms with van der Waals surface area (Å²) >= 11 is 3.32. The highest BCUT2D eigenvalue weighted by Gasteiger charge is 2.15. The van der Waals surface area contributed by atoms with Gasteiger partial charge in [-0.3, -0.25) is 10.1 Å². The Hall–Kier alpha value is -1.62. The maximum Gasteiger partial charge on any atom is 0.270 e. The first-order valence-electron chi connectivity index (χ1n) is 4.58. The molecule has 4 nitrogen and oxygen atoms in total. The van der Waals surface area contributed by atoms with Crippen molar-refractivity contribution < 1.29 is 9.34 Å². The molecule has 0 aliphatic heterocycles. The highest BCUT2D eigenvalue weighted by molar-refractivity contribution is 9.10. The third kappa shape index (κ3) is 1.86. The number of hydrogen-bond donors (Lipinski definition) is 0. The molecule has 0 fully saturated rings. The molecule has 0 radical (unpaired) electrons. The molecule has 0 spiro atoms. The van der Waals surface area contributed by atoms with E-state index < -0.39 is 4.92 Å². The highest BCUT2D eigenvalue weighted by atomic mass is 79.9. The van der Waals surface area contributed by atoms with Crippen LogP contribution in [-0.2, 0) is 0 Å². The number of non-ortho nitro benzene ring substituents is 1. The van der Waals surface area contributed by atoms with E-state index in [0.717, 1.165) is 11.1 Å². The van der Waals surface area contributed by atoms with Crippen LogP contribution < -0.4 is 0 Å². The normalized spacial score (nSPS) is 10.4. The Labute approximate surface area is 100 Å². The van der Waals surface area contributed by atoms with Gasteiger partial charge in [-0.05, 0) is 40.5 Å². The minimum absolute atomic E-state index is 0.0691. The molecular weight excluding hydrogens is 274 g/mol. The molecule has 82 valence electrons. The van der Waals surface area contributed by atoms with Crippen LogP contribution in [0, 0.1) is 17.0 Å². The van der Waals surface area contributed by atoms with Crippen LogP contribution in [0.15, 0.2) is 39.4 Å². The molecule has 0 unspecified atom stereocenters. The van der Waals surface area contributed by atoms with Crippen molar-refractivity contribution in [1.82, 2.24) is 0 Å². The van der Waals surface area contributed by atoms with Crippen molar-refractivity contribution >= 4 is 21.6 Å². The lowest BCUT2D eigenvalue weighted by molar-refractivity contribution is -0.385. The Kier molecular flexibility index (Phi) is 2.78. The van der Waals surface area contributed by atoms with Gasteiger partial charge < -0.3 is 4.42 Å². The number of halogens is 1. The zero-order chi connectivity index (χ0) is 11.7. The van der Waals surface area contributed by atoms with E-state index in [9.17, 15) is 10.1 Å². The van der Waals surface area contributed by atoms with E-state index in [1.54, 1.807) is 12.3 Å². The third-order valence-corrected chi connectivity index (χ3v) is 2.88. The van der Waals surface area contributed by atoms with Crippen molar-refractivity contribution in [2.75, 3.05) is 0 Å². The third-order valence-electron chi connectivity index (χ3n) is 2.25. The van der Waals surface area contributed by atoms with Crippen molar-refractivity contribution in [1.29, 1.82) is 0 Å². The average Bonchev–Trinajstić information content (AvgIpc) is 2.69. The second-order valence-electron chi connectivity index (χ2n) is 3.35. The molecule has 0 aliphatic rings. The first-order valence-corrected chi connectivity index (χ1v) is 5.37. The van der Waals surface area contributed by atoms with Crippen molar-refractivity contribution in [3.05, 3.63) is 50.7 Å². The van der Waals surface area contributed by atoms with Gasteiger partial charge in [0.2, 0.25) is 0 Å². The van der Waals surface area contributed by atoms with Gasteiger partial charge in [0.25, 0.3) is 5.69 Å². The second kappa shape index (κ2) is 4.09. The predicted molar refractivity (Wildman–Crippen MR) is 63.2 cm³/mol. The Morgan fingerprint density at radius 3 is 2.69 bits per heavy atom. The Morgan fingerprint density at radius 1 is 1.44 bits per heavy atom.